The maximum atomic E-state index is 13.0. The SMILES string of the molecule is CC(C)(C)c1cc(NC(=O)[C@@H]2CCCCN2CC2CCOCC2)no1.O=C(O)[C@@H]1CCCCN1C(=O)CN1CCC(F)(F)CC1. The first kappa shape index (κ1) is 35.2. The van der Waals surface area contributed by atoms with Crippen molar-refractivity contribution in [1.29, 1.82) is 0 Å². The highest BCUT2D eigenvalue weighted by atomic mass is 19.3. The summed E-state index contributed by atoms with van der Waals surface area (Å²) in [6.45, 7) is 10.7. The van der Waals surface area contributed by atoms with Gasteiger partial charge in [-0.05, 0) is 57.4 Å². The second kappa shape index (κ2) is 15.8. The molecular formula is C32H51F2N5O6. The van der Waals surface area contributed by atoms with Crippen LogP contribution in [0, 0.1) is 5.92 Å². The van der Waals surface area contributed by atoms with E-state index in [-0.39, 0.29) is 55.7 Å². The summed E-state index contributed by atoms with van der Waals surface area (Å²) < 4.78 is 36.9. The van der Waals surface area contributed by atoms with Gasteiger partial charge in [0.2, 0.25) is 11.8 Å². The number of rotatable bonds is 7. The van der Waals surface area contributed by atoms with Crippen LogP contribution in [0.3, 0.4) is 0 Å². The second-order valence-electron chi connectivity index (χ2n) is 13.9. The molecule has 13 heteroatoms. The predicted octanol–water partition coefficient (Wildman–Crippen LogP) is 4.37. The molecule has 4 saturated heterocycles. The number of aromatic nitrogens is 1. The lowest BCUT2D eigenvalue weighted by atomic mass is 9.93. The number of hydrogen-bond donors (Lipinski definition) is 2. The van der Waals surface area contributed by atoms with Crippen molar-refractivity contribution < 1.29 is 37.5 Å². The summed E-state index contributed by atoms with van der Waals surface area (Å²) in [7, 11) is 0. The van der Waals surface area contributed by atoms with E-state index in [1.807, 2.05) is 6.07 Å². The lowest BCUT2D eigenvalue weighted by molar-refractivity contribution is -0.153. The number of piperidine rings is 3. The first-order chi connectivity index (χ1) is 21.3. The van der Waals surface area contributed by atoms with E-state index < -0.39 is 17.9 Å². The van der Waals surface area contributed by atoms with E-state index in [2.05, 4.69) is 36.1 Å². The molecule has 2 atom stereocenters. The van der Waals surface area contributed by atoms with Crippen molar-refractivity contribution in [3.8, 4) is 0 Å². The molecule has 5 rings (SSSR count). The highest BCUT2D eigenvalue weighted by Crippen LogP contribution is 2.29. The van der Waals surface area contributed by atoms with Gasteiger partial charge in [-0.15, -0.1) is 0 Å². The van der Waals surface area contributed by atoms with Gasteiger partial charge in [0, 0.05) is 63.7 Å². The number of carboxylic acid groups (broad SMARTS) is 1. The van der Waals surface area contributed by atoms with Gasteiger partial charge in [-0.2, -0.15) is 0 Å². The van der Waals surface area contributed by atoms with Gasteiger partial charge in [0.15, 0.2) is 5.82 Å². The van der Waals surface area contributed by atoms with Crippen LogP contribution in [-0.2, 0) is 24.5 Å². The number of nitrogens with zero attached hydrogens (tertiary/aromatic N) is 4. The second-order valence-corrected chi connectivity index (χ2v) is 13.9. The molecule has 5 heterocycles. The van der Waals surface area contributed by atoms with Gasteiger partial charge in [0.25, 0.3) is 5.92 Å². The molecule has 11 nitrogen and oxygen atoms in total. The van der Waals surface area contributed by atoms with Crippen molar-refractivity contribution in [1.82, 2.24) is 19.9 Å². The molecule has 1 aromatic rings. The average molecular weight is 640 g/mol. The summed E-state index contributed by atoms with van der Waals surface area (Å²) in [5, 5.41) is 16.1. The summed E-state index contributed by atoms with van der Waals surface area (Å²) in [6, 6.07) is 1.01. The van der Waals surface area contributed by atoms with Crippen molar-refractivity contribution in [2.24, 2.45) is 5.92 Å². The van der Waals surface area contributed by atoms with E-state index in [1.165, 1.54) is 11.3 Å². The third-order valence-electron chi connectivity index (χ3n) is 9.31. The fraction of sp³-hybridized carbons (Fsp3) is 0.812. The van der Waals surface area contributed by atoms with Crippen molar-refractivity contribution in [3.63, 3.8) is 0 Å². The third kappa shape index (κ3) is 10.4. The van der Waals surface area contributed by atoms with Gasteiger partial charge in [0.05, 0.1) is 12.6 Å². The van der Waals surface area contributed by atoms with Crippen LogP contribution in [0.4, 0.5) is 14.6 Å². The number of carbonyl (C=O) groups excluding carboxylic acids is 2. The van der Waals surface area contributed by atoms with Crippen molar-refractivity contribution in [3.05, 3.63) is 11.8 Å². The topological polar surface area (TPSA) is 128 Å². The summed E-state index contributed by atoms with van der Waals surface area (Å²) in [5.74, 6) is -1.89. The molecule has 254 valence electrons. The number of nitrogens with one attached hydrogen (secondary N) is 1. The van der Waals surface area contributed by atoms with Gasteiger partial charge in [-0.1, -0.05) is 32.3 Å². The van der Waals surface area contributed by atoms with E-state index in [4.69, 9.17) is 14.4 Å². The Morgan fingerprint density at radius 1 is 0.978 bits per heavy atom. The van der Waals surface area contributed by atoms with E-state index >= 15 is 0 Å². The average Bonchev–Trinajstić information content (AvgIpc) is 3.49. The number of carboxylic acids is 1. The van der Waals surface area contributed by atoms with Gasteiger partial charge in [-0.25, -0.2) is 13.6 Å². The first-order valence-electron chi connectivity index (χ1n) is 16.5. The Kier molecular flexibility index (Phi) is 12.3. The number of carbonyl (C=O) groups is 3. The molecule has 4 aliphatic rings. The number of anilines is 1. The van der Waals surface area contributed by atoms with Gasteiger partial charge < -0.3 is 24.6 Å². The summed E-state index contributed by atoms with van der Waals surface area (Å²) >= 11 is 0. The Balaban J connectivity index is 0.000000210. The van der Waals surface area contributed by atoms with E-state index in [0.29, 0.717) is 24.7 Å². The first-order valence-corrected chi connectivity index (χ1v) is 16.5. The summed E-state index contributed by atoms with van der Waals surface area (Å²) in [5.41, 5.74) is -0.115. The smallest absolute Gasteiger partial charge is 0.326 e. The van der Waals surface area contributed by atoms with Gasteiger partial charge in [0.1, 0.15) is 11.8 Å². The third-order valence-corrected chi connectivity index (χ3v) is 9.31. The largest absolute Gasteiger partial charge is 0.480 e. The Hall–Kier alpha value is -2.64. The molecule has 0 aliphatic carbocycles. The molecular weight excluding hydrogens is 588 g/mol. The van der Waals surface area contributed by atoms with Crippen LogP contribution in [0.5, 0.6) is 0 Å². The number of alkyl halides is 2. The van der Waals surface area contributed by atoms with Crippen LogP contribution in [0.1, 0.15) is 90.7 Å². The van der Waals surface area contributed by atoms with E-state index in [0.717, 1.165) is 70.6 Å². The Labute approximate surface area is 265 Å². The molecule has 0 radical (unpaired) electrons. The van der Waals surface area contributed by atoms with Crippen LogP contribution in [0.15, 0.2) is 10.6 Å². The Bertz CT molecular complexity index is 1130. The minimum Gasteiger partial charge on any atom is -0.480 e. The Morgan fingerprint density at radius 2 is 1.62 bits per heavy atom. The fourth-order valence-electron chi connectivity index (χ4n) is 6.47. The van der Waals surface area contributed by atoms with Crippen LogP contribution < -0.4 is 5.32 Å². The molecule has 45 heavy (non-hydrogen) atoms. The number of ether oxygens (including phenoxy) is 1. The molecule has 1 aromatic heterocycles. The minimum atomic E-state index is -2.63. The van der Waals surface area contributed by atoms with Crippen LogP contribution >= 0.6 is 0 Å². The number of likely N-dealkylation sites (tertiary alicyclic amines) is 3. The highest BCUT2D eigenvalue weighted by molar-refractivity contribution is 5.94. The normalized spacial score (nSPS) is 25.2. The maximum absolute atomic E-state index is 13.0. The number of halogens is 2. The van der Waals surface area contributed by atoms with Crippen molar-refractivity contribution in [2.75, 3.05) is 57.8 Å². The molecule has 0 spiro atoms. The zero-order valence-corrected chi connectivity index (χ0v) is 27.1. The predicted molar refractivity (Wildman–Crippen MR) is 164 cm³/mol. The number of amides is 2. The van der Waals surface area contributed by atoms with Crippen molar-refractivity contribution >= 4 is 23.6 Å². The van der Waals surface area contributed by atoms with E-state index in [9.17, 15) is 23.2 Å². The molecule has 0 aromatic carbocycles. The van der Waals surface area contributed by atoms with Crippen LogP contribution in [0.25, 0.3) is 0 Å². The zero-order valence-electron chi connectivity index (χ0n) is 27.1. The van der Waals surface area contributed by atoms with Crippen LogP contribution in [0.2, 0.25) is 0 Å². The van der Waals surface area contributed by atoms with Crippen molar-refractivity contribution in [2.45, 2.75) is 108 Å². The lowest BCUT2D eigenvalue weighted by Gasteiger charge is -2.37. The maximum Gasteiger partial charge on any atom is 0.326 e. The summed E-state index contributed by atoms with van der Waals surface area (Å²) in [4.78, 5) is 41.6. The quantitative estimate of drug-likeness (QED) is 0.447. The van der Waals surface area contributed by atoms with E-state index in [1.54, 1.807) is 4.90 Å². The number of aliphatic carboxylic acids is 1. The molecule has 4 fully saturated rings. The molecule has 0 bridgehead atoms. The number of hydrogen-bond acceptors (Lipinski definition) is 8. The van der Waals surface area contributed by atoms with Gasteiger partial charge in [-0.3, -0.25) is 19.4 Å². The monoisotopic (exact) mass is 639 g/mol. The molecule has 4 aliphatic heterocycles. The molecule has 0 saturated carbocycles. The minimum absolute atomic E-state index is 0.0415. The molecule has 2 amide bonds. The molecule has 2 N–H and O–H groups in total. The fourth-order valence-corrected chi connectivity index (χ4v) is 6.47. The van der Waals surface area contributed by atoms with Crippen LogP contribution in [-0.4, -0.2) is 113 Å². The Morgan fingerprint density at radius 3 is 2.24 bits per heavy atom. The lowest BCUT2D eigenvalue weighted by Crippen LogP contribution is -2.52. The summed E-state index contributed by atoms with van der Waals surface area (Å²) in [6.07, 6.45) is 7.00. The highest BCUT2D eigenvalue weighted by Gasteiger charge is 2.37. The standard InChI is InChI=1S/C19H31N3O3.C13H20F2N2O3/c1-19(2,3)16-12-17(21-25-16)20-18(23)15-6-4-5-9-22(15)13-14-7-10-24-11-8-14;14-13(15)4-7-16(8-5-13)9-11(18)17-6-2-1-3-10(17)12(19)20/h12,14-15H,4-11,13H2,1-3H3,(H,20,21,23);10H,1-9H2,(H,19,20)/t15-;10-/m00/s1. The van der Waals surface area contributed by atoms with Gasteiger partial charge >= 0.3 is 5.97 Å². The zero-order chi connectivity index (χ0) is 32.6. The molecule has 0 unspecified atom stereocenters.